The lowest BCUT2D eigenvalue weighted by Gasteiger charge is -2.05. The van der Waals surface area contributed by atoms with E-state index in [2.05, 4.69) is 16.9 Å². The van der Waals surface area contributed by atoms with Crippen molar-refractivity contribution in [2.45, 2.75) is 19.8 Å². The maximum Gasteiger partial charge on any atom is 0.270 e. The molecule has 2 rings (SSSR count). The molecule has 1 N–H and O–H groups in total. The Morgan fingerprint density at radius 2 is 2.21 bits per heavy atom. The highest BCUT2D eigenvalue weighted by molar-refractivity contribution is 7.71. The molecule has 0 fully saturated rings. The van der Waals surface area contributed by atoms with Gasteiger partial charge in [-0.3, -0.25) is 10.1 Å². The van der Waals surface area contributed by atoms with Gasteiger partial charge in [0.25, 0.3) is 5.69 Å². The van der Waals surface area contributed by atoms with E-state index in [4.69, 9.17) is 12.2 Å². The molecule has 1 aromatic carbocycles. The molecule has 0 saturated carbocycles. The molecule has 5 nitrogen and oxygen atoms in total. The quantitative estimate of drug-likeness (QED) is 0.525. The van der Waals surface area contributed by atoms with Crippen LogP contribution in [0.3, 0.4) is 0 Å². The Balaban J connectivity index is 2.49. The van der Waals surface area contributed by atoms with E-state index in [0.29, 0.717) is 16.0 Å². The first-order chi connectivity index (χ1) is 9.10. The topological polar surface area (TPSA) is 71.8 Å². The van der Waals surface area contributed by atoms with Crippen molar-refractivity contribution in [1.29, 1.82) is 0 Å². The van der Waals surface area contributed by atoms with Crippen LogP contribution >= 0.6 is 12.2 Å². The fourth-order valence-electron chi connectivity index (χ4n) is 1.82. The molecule has 1 heterocycles. The second kappa shape index (κ2) is 5.71. The molecular formula is C13H13N3O2S. The van der Waals surface area contributed by atoms with E-state index in [-0.39, 0.29) is 5.69 Å². The Kier molecular flexibility index (Phi) is 4.01. The summed E-state index contributed by atoms with van der Waals surface area (Å²) < 4.78 is 0.490. The Hall–Kier alpha value is -2.08. The summed E-state index contributed by atoms with van der Waals surface area (Å²) in [6.45, 7) is 2.07. The summed E-state index contributed by atoms with van der Waals surface area (Å²) >= 11 is 5.12. The van der Waals surface area contributed by atoms with Crippen LogP contribution in [0.15, 0.2) is 30.3 Å². The Bertz CT molecular complexity index is 667. The normalized spacial score (nSPS) is 10.4. The number of non-ortho nitro benzene ring substituents is 1. The fraction of sp³-hybridized carbons (Fsp3) is 0.231. The lowest BCUT2D eigenvalue weighted by Crippen LogP contribution is -1.96. The highest BCUT2D eigenvalue weighted by Gasteiger charge is 2.09. The molecule has 1 aromatic heterocycles. The molecule has 0 amide bonds. The van der Waals surface area contributed by atoms with Gasteiger partial charge < -0.3 is 4.98 Å². The molecule has 0 aliphatic rings. The number of hydrogen-bond acceptors (Lipinski definition) is 4. The average Bonchev–Trinajstić information content (AvgIpc) is 2.38. The Labute approximate surface area is 115 Å². The maximum atomic E-state index is 10.8. The third kappa shape index (κ3) is 3.23. The van der Waals surface area contributed by atoms with Crippen LogP contribution in [0.25, 0.3) is 11.4 Å². The second-order valence-corrected chi connectivity index (χ2v) is 4.57. The number of rotatable bonds is 4. The van der Waals surface area contributed by atoms with Gasteiger partial charge in [0, 0.05) is 23.4 Å². The number of nitrogens with one attached hydrogen (secondary N) is 1. The lowest BCUT2D eigenvalue weighted by molar-refractivity contribution is -0.384. The monoisotopic (exact) mass is 275 g/mol. The van der Waals surface area contributed by atoms with Gasteiger partial charge in [0.05, 0.1) is 4.92 Å². The molecule has 0 spiro atoms. The van der Waals surface area contributed by atoms with E-state index < -0.39 is 4.92 Å². The number of nitro groups is 1. The number of hydrogen-bond donors (Lipinski definition) is 1. The van der Waals surface area contributed by atoms with Crippen molar-refractivity contribution in [2.75, 3.05) is 0 Å². The Morgan fingerprint density at radius 1 is 1.42 bits per heavy atom. The summed E-state index contributed by atoms with van der Waals surface area (Å²) in [6, 6.07) is 8.17. The molecule has 98 valence electrons. The van der Waals surface area contributed by atoms with Crippen molar-refractivity contribution < 1.29 is 4.92 Å². The van der Waals surface area contributed by atoms with E-state index in [1.807, 2.05) is 6.07 Å². The van der Waals surface area contributed by atoms with Gasteiger partial charge in [0.1, 0.15) is 10.5 Å². The largest absolute Gasteiger partial charge is 0.343 e. The van der Waals surface area contributed by atoms with Gasteiger partial charge in [-0.15, -0.1) is 0 Å². The van der Waals surface area contributed by atoms with E-state index in [9.17, 15) is 10.1 Å². The van der Waals surface area contributed by atoms with Gasteiger partial charge in [-0.05, 0) is 12.5 Å². The first kappa shape index (κ1) is 13.4. The lowest BCUT2D eigenvalue weighted by atomic mass is 10.2. The van der Waals surface area contributed by atoms with Gasteiger partial charge in [-0.1, -0.05) is 37.7 Å². The standard InChI is InChI=1S/C13H13N3O2S/c1-2-4-10-8-12(19)15-13(14-10)9-5-3-6-11(7-9)16(17)18/h3,5-8H,2,4H2,1H3,(H,14,15,19). The van der Waals surface area contributed by atoms with E-state index >= 15 is 0 Å². The second-order valence-electron chi connectivity index (χ2n) is 4.15. The fourth-order valence-corrected chi connectivity index (χ4v) is 2.05. The molecule has 0 saturated heterocycles. The van der Waals surface area contributed by atoms with Gasteiger partial charge in [0.2, 0.25) is 0 Å². The predicted octanol–water partition coefficient (Wildman–Crippen LogP) is 3.67. The first-order valence-electron chi connectivity index (χ1n) is 5.95. The molecule has 2 aromatic rings. The maximum absolute atomic E-state index is 10.8. The van der Waals surface area contributed by atoms with Crippen LogP contribution in [0, 0.1) is 14.8 Å². The van der Waals surface area contributed by atoms with Gasteiger partial charge in [-0.2, -0.15) is 0 Å². The third-order valence-corrected chi connectivity index (χ3v) is 2.86. The molecule has 19 heavy (non-hydrogen) atoms. The van der Waals surface area contributed by atoms with Crippen LogP contribution in [0.1, 0.15) is 19.0 Å². The van der Waals surface area contributed by atoms with Crippen molar-refractivity contribution in [3.63, 3.8) is 0 Å². The predicted molar refractivity (Wildman–Crippen MR) is 75.5 cm³/mol. The summed E-state index contributed by atoms with van der Waals surface area (Å²) in [5.41, 5.74) is 1.70. The van der Waals surface area contributed by atoms with Crippen molar-refractivity contribution in [1.82, 2.24) is 9.97 Å². The molecule has 0 atom stereocenters. The number of aryl methyl sites for hydroxylation is 1. The van der Waals surface area contributed by atoms with Gasteiger partial charge >= 0.3 is 0 Å². The zero-order valence-corrected chi connectivity index (χ0v) is 11.2. The van der Waals surface area contributed by atoms with Crippen LogP contribution in [-0.2, 0) is 6.42 Å². The SMILES string of the molecule is CCCc1cc(=S)nc(-c2cccc([N+](=O)[O-])c2)[nH]1. The smallest absolute Gasteiger partial charge is 0.270 e. The summed E-state index contributed by atoms with van der Waals surface area (Å²) in [5, 5.41) is 10.8. The number of benzene rings is 1. The average molecular weight is 275 g/mol. The zero-order valence-electron chi connectivity index (χ0n) is 10.4. The molecule has 6 heteroatoms. The van der Waals surface area contributed by atoms with Crippen LogP contribution in [0.4, 0.5) is 5.69 Å². The third-order valence-electron chi connectivity index (χ3n) is 2.65. The number of H-pyrrole nitrogens is 1. The summed E-state index contributed by atoms with van der Waals surface area (Å²) in [7, 11) is 0. The minimum atomic E-state index is -0.423. The van der Waals surface area contributed by atoms with Gasteiger partial charge in [-0.25, -0.2) is 4.98 Å². The van der Waals surface area contributed by atoms with E-state index in [0.717, 1.165) is 18.5 Å². The van der Waals surface area contributed by atoms with Crippen LogP contribution in [0.2, 0.25) is 0 Å². The molecule has 0 bridgehead atoms. The summed E-state index contributed by atoms with van der Waals surface area (Å²) in [4.78, 5) is 17.7. The van der Waals surface area contributed by atoms with E-state index in [1.54, 1.807) is 12.1 Å². The minimum Gasteiger partial charge on any atom is -0.343 e. The van der Waals surface area contributed by atoms with Crippen LogP contribution in [0.5, 0.6) is 0 Å². The highest BCUT2D eigenvalue weighted by Crippen LogP contribution is 2.21. The summed E-state index contributed by atoms with van der Waals surface area (Å²) in [6.07, 6.45) is 1.86. The minimum absolute atomic E-state index is 0.0412. The zero-order chi connectivity index (χ0) is 13.8. The van der Waals surface area contributed by atoms with Crippen molar-refractivity contribution in [3.8, 4) is 11.4 Å². The van der Waals surface area contributed by atoms with Gasteiger partial charge in [0.15, 0.2) is 0 Å². The molecule has 0 aliphatic carbocycles. The van der Waals surface area contributed by atoms with Crippen molar-refractivity contribution >= 4 is 17.9 Å². The number of aromatic amines is 1. The van der Waals surface area contributed by atoms with Crippen LogP contribution in [-0.4, -0.2) is 14.9 Å². The molecule has 0 aliphatic heterocycles. The number of aromatic nitrogens is 2. The van der Waals surface area contributed by atoms with E-state index in [1.165, 1.54) is 12.1 Å². The summed E-state index contributed by atoms with van der Waals surface area (Å²) in [5.74, 6) is 0.569. The van der Waals surface area contributed by atoms with Crippen LogP contribution < -0.4 is 0 Å². The molecular weight excluding hydrogens is 262 g/mol. The van der Waals surface area contributed by atoms with Crippen molar-refractivity contribution in [3.05, 3.63) is 50.8 Å². The number of nitro benzene ring substituents is 1. The molecule has 0 unspecified atom stereocenters. The molecule has 0 radical (unpaired) electrons. The van der Waals surface area contributed by atoms with Crippen molar-refractivity contribution in [2.24, 2.45) is 0 Å². The first-order valence-corrected chi connectivity index (χ1v) is 6.36. The number of nitrogens with zero attached hydrogens (tertiary/aromatic N) is 2. The Morgan fingerprint density at radius 3 is 2.89 bits per heavy atom. The highest BCUT2D eigenvalue weighted by atomic mass is 32.1.